The molecule has 0 spiro atoms. The van der Waals surface area contributed by atoms with Crippen LogP contribution in [0.15, 0.2) is 0 Å². The summed E-state index contributed by atoms with van der Waals surface area (Å²) in [5, 5.41) is 0. The summed E-state index contributed by atoms with van der Waals surface area (Å²) < 4.78 is 33.0. The smallest absolute Gasteiger partial charge is 1.00 e. The third-order valence-electron chi connectivity index (χ3n) is 6.91. The van der Waals surface area contributed by atoms with Crippen LogP contribution in [0.4, 0.5) is 0 Å². The fraction of sp³-hybridized carbons (Fsp3) is 0.967. The second kappa shape index (κ2) is 34.6. The van der Waals surface area contributed by atoms with Gasteiger partial charge in [0.2, 0.25) is 0 Å². The van der Waals surface area contributed by atoms with Crippen molar-refractivity contribution in [2.75, 3.05) is 6.61 Å². The fourth-order valence-corrected chi connectivity index (χ4v) is 5.25. The van der Waals surface area contributed by atoms with Crippen LogP contribution in [0, 0.1) is 0 Å². The number of hydrogen-bond acceptors (Lipinski definition) is 5. The Balaban J connectivity index is -0.00000102. The van der Waals surface area contributed by atoms with E-state index in [4.69, 9.17) is 4.18 Å². The molecule has 0 aliphatic rings. The molecule has 0 N–H and O–H groups in total. The van der Waals surface area contributed by atoms with Crippen LogP contribution in [0.5, 0.6) is 0 Å². The molecule has 0 aliphatic carbocycles. The zero-order chi connectivity index (χ0) is 26.6. The molecule has 0 unspecified atom stereocenters. The minimum absolute atomic E-state index is 0. The van der Waals surface area contributed by atoms with Crippen LogP contribution >= 0.6 is 0 Å². The molecule has 8 heteroatoms. The van der Waals surface area contributed by atoms with Crippen molar-refractivity contribution >= 4 is 16.4 Å². The Bertz CT molecular complexity index is 584. The van der Waals surface area contributed by atoms with Crippen LogP contribution < -0.4 is 59.1 Å². The quantitative estimate of drug-likeness (QED) is 0.0980. The zero-order valence-electron chi connectivity index (χ0n) is 28.0. The average molecular weight is 581 g/mol. The van der Waals surface area contributed by atoms with Gasteiger partial charge in [0.1, 0.15) is 0 Å². The predicted molar refractivity (Wildman–Crippen MR) is 155 cm³/mol. The van der Waals surface area contributed by atoms with Crippen LogP contribution in [0.25, 0.3) is 0 Å². The van der Waals surface area contributed by atoms with E-state index in [1.807, 2.05) is 0 Å². The van der Waals surface area contributed by atoms with Crippen molar-refractivity contribution < 1.29 is 83.5 Å². The summed E-state index contributed by atoms with van der Waals surface area (Å²) in [5.74, 6) is -0.701. The van der Waals surface area contributed by atoms with Crippen LogP contribution in [0.3, 0.4) is 0 Å². The van der Waals surface area contributed by atoms with Crippen LogP contribution in [-0.2, 0) is 23.6 Å². The summed E-state index contributed by atoms with van der Waals surface area (Å²) >= 11 is 0. The zero-order valence-corrected chi connectivity index (χ0v) is 30.9. The molecule has 0 atom stereocenters. The van der Waals surface area contributed by atoms with E-state index in [1.54, 1.807) is 0 Å². The Morgan fingerprint density at radius 3 is 1.13 bits per heavy atom. The van der Waals surface area contributed by atoms with Gasteiger partial charge in [-0.2, -0.15) is 8.42 Å². The molecule has 0 rings (SSSR count). The molecular weight excluding hydrogens is 518 g/mol. The molecule has 38 heavy (non-hydrogen) atoms. The van der Waals surface area contributed by atoms with Gasteiger partial charge < -0.3 is 7.04 Å². The third kappa shape index (κ3) is 35.4. The maximum Gasteiger partial charge on any atom is 1.00 e. The van der Waals surface area contributed by atoms with Crippen LogP contribution in [0.1, 0.15) is 184 Å². The van der Waals surface area contributed by atoms with E-state index in [0.717, 1.165) is 25.7 Å². The summed E-state index contributed by atoms with van der Waals surface area (Å²) in [6.45, 7) is 4.58. The average Bonchev–Trinajstić information content (AvgIpc) is 2.84. The first-order valence-corrected chi connectivity index (χ1v) is 17.0. The molecule has 0 heterocycles. The van der Waals surface area contributed by atoms with Crippen LogP contribution in [0.2, 0.25) is 0 Å². The van der Waals surface area contributed by atoms with E-state index in [-0.39, 0.29) is 75.0 Å². The van der Waals surface area contributed by atoms with Gasteiger partial charge in [-0.25, -0.2) is 4.18 Å². The Morgan fingerprint density at radius 2 is 0.789 bits per heavy atom. The van der Waals surface area contributed by atoms with Gasteiger partial charge in [0.15, 0.2) is 0 Å². The topological polar surface area (TPSA) is 69.7 Å². The Labute approximate surface area is 285 Å². The van der Waals surface area contributed by atoms with E-state index in [9.17, 15) is 13.2 Å². The number of carbonyl (C=O) groups excluding carboxylic acids is 1. The molecule has 0 amide bonds. The van der Waals surface area contributed by atoms with E-state index < -0.39 is 16.4 Å². The first kappa shape index (κ1) is 43.8. The number of rotatable bonds is 29. The summed E-state index contributed by atoms with van der Waals surface area (Å²) in [5.41, 5.74) is 0. The molecule has 0 aliphatic heterocycles. The molecule has 220 valence electrons. The second-order valence-corrected chi connectivity index (χ2v) is 11.8. The molecule has 0 fully saturated rings. The third-order valence-corrected chi connectivity index (χ3v) is 7.75. The van der Waals surface area contributed by atoms with Crippen molar-refractivity contribution in [3.05, 3.63) is 0 Å². The van der Waals surface area contributed by atoms with Crippen molar-refractivity contribution in [2.24, 2.45) is 0 Å². The van der Waals surface area contributed by atoms with Crippen LogP contribution in [-0.4, -0.2) is 21.0 Å². The largest absolute Gasteiger partial charge is 1.00 e. The first-order chi connectivity index (χ1) is 17.5. The SMILES string of the molecule is CCCCCCCCCCCCCCCCCC(=O)OS(=O)(=O)OCCCCCCCCCCCC.[H-].[H-].[Na+].[Na+]. The van der Waals surface area contributed by atoms with Gasteiger partial charge in [0.25, 0.3) is 0 Å². The van der Waals surface area contributed by atoms with E-state index in [1.165, 1.54) is 122 Å². The molecule has 0 aromatic rings. The molecule has 0 bridgehead atoms. The van der Waals surface area contributed by atoms with E-state index >= 15 is 0 Å². The van der Waals surface area contributed by atoms with Gasteiger partial charge in [0, 0.05) is 6.42 Å². The normalized spacial score (nSPS) is 11.1. The molecule has 0 aromatic heterocycles. The Hall–Kier alpha value is 1.38. The molecular formula is C30H62Na2O5S. The fourth-order valence-electron chi connectivity index (χ4n) is 4.57. The van der Waals surface area contributed by atoms with Gasteiger partial charge in [0.05, 0.1) is 6.61 Å². The first-order valence-electron chi connectivity index (χ1n) is 15.6. The van der Waals surface area contributed by atoms with Gasteiger partial charge in [-0.3, -0.25) is 4.79 Å². The van der Waals surface area contributed by atoms with E-state index in [0.29, 0.717) is 12.8 Å². The number of unbranched alkanes of at least 4 members (excludes halogenated alkanes) is 23. The minimum Gasteiger partial charge on any atom is -1.00 e. The van der Waals surface area contributed by atoms with Crippen molar-refractivity contribution in [3.8, 4) is 0 Å². The van der Waals surface area contributed by atoms with Gasteiger partial charge in [-0.15, -0.1) is 0 Å². The van der Waals surface area contributed by atoms with Crippen molar-refractivity contribution in [1.82, 2.24) is 0 Å². The summed E-state index contributed by atoms with van der Waals surface area (Å²) in [6.07, 6.45) is 30.6. The molecule has 0 radical (unpaired) electrons. The second-order valence-electron chi connectivity index (χ2n) is 10.6. The Morgan fingerprint density at radius 1 is 0.500 bits per heavy atom. The number of hydrogen-bond donors (Lipinski definition) is 0. The maximum atomic E-state index is 11.8. The van der Waals surface area contributed by atoms with Crippen molar-refractivity contribution in [2.45, 2.75) is 181 Å². The maximum absolute atomic E-state index is 11.8. The van der Waals surface area contributed by atoms with Crippen molar-refractivity contribution in [1.29, 1.82) is 0 Å². The Kier molecular flexibility index (Phi) is 39.9. The van der Waals surface area contributed by atoms with Gasteiger partial charge in [-0.1, -0.05) is 162 Å². The summed E-state index contributed by atoms with van der Waals surface area (Å²) in [4.78, 5) is 11.8. The molecule has 5 nitrogen and oxygen atoms in total. The molecule has 0 saturated heterocycles. The predicted octanol–water partition coefficient (Wildman–Crippen LogP) is 4.21. The summed E-state index contributed by atoms with van der Waals surface area (Å²) in [7, 11) is -4.21. The summed E-state index contributed by atoms with van der Waals surface area (Å²) in [6, 6.07) is 0. The van der Waals surface area contributed by atoms with Gasteiger partial charge >= 0.3 is 75.5 Å². The van der Waals surface area contributed by atoms with E-state index in [2.05, 4.69) is 18.0 Å². The van der Waals surface area contributed by atoms with Crippen molar-refractivity contribution in [3.63, 3.8) is 0 Å². The standard InChI is InChI=1S/C30H60O5S.2Na.2H/c1-3-5-7-9-11-13-15-16-17-18-19-20-22-24-26-28-30(31)35-36(32,33)34-29-27-25-23-21-14-12-10-8-6-4-2;;;;/h3-29H2,1-2H3;;;;/q;2*+1;2*-1. The van der Waals surface area contributed by atoms with Gasteiger partial charge in [-0.05, 0) is 12.8 Å². The molecule has 0 saturated carbocycles. The minimum atomic E-state index is -4.21. The molecule has 0 aromatic carbocycles. The monoisotopic (exact) mass is 580 g/mol. The number of carbonyl (C=O) groups is 1.